The van der Waals surface area contributed by atoms with E-state index in [0.29, 0.717) is 11.4 Å². The van der Waals surface area contributed by atoms with Crippen molar-refractivity contribution in [3.63, 3.8) is 0 Å². The topological polar surface area (TPSA) is 61.0 Å². The number of aromatic nitrogens is 2. The molecular formula is C21H21FN4O. The third kappa shape index (κ3) is 4.00. The fraction of sp³-hybridized carbons (Fsp3) is 0.238. The van der Waals surface area contributed by atoms with Gasteiger partial charge in [0.15, 0.2) is 0 Å². The highest BCUT2D eigenvalue weighted by atomic mass is 19.1. The molecule has 138 valence electrons. The van der Waals surface area contributed by atoms with Gasteiger partial charge in [-0.15, -0.1) is 0 Å². The second-order valence-electron chi connectivity index (χ2n) is 6.74. The summed E-state index contributed by atoms with van der Waals surface area (Å²) in [6.07, 6.45) is 1.80. The van der Waals surface area contributed by atoms with Gasteiger partial charge < -0.3 is 10.2 Å². The SMILES string of the molecule is O=C(NC1CCN(c2ccccc2)CC1)c1cc(-c2ccc(F)cc2)n[nH]1. The van der Waals surface area contributed by atoms with Crippen LogP contribution in [0.3, 0.4) is 0 Å². The lowest BCUT2D eigenvalue weighted by atomic mass is 10.0. The Hall–Kier alpha value is -3.15. The minimum atomic E-state index is -0.297. The van der Waals surface area contributed by atoms with Gasteiger partial charge in [-0.05, 0) is 55.3 Å². The number of nitrogens with one attached hydrogen (secondary N) is 2. The molecule has 6 heteroatoms. The summed E-state index contributed by atoms with van der Waals surface area (Å²) in [5.41, 5.74) is 3.03. The van der Waals surface area contributed by atoms with Gasteiger partial charge in [-0.25, -0.2) is 4.39 Å². The highest BCUT2D eigenvalue weighted by molar-refractivity contribution is 5.93. The van der Waals surface area contributed by atoms with Crippen LogP contribution in [-0.2, 0) is 0 Å². The number of carbonyl (C=O) groups is 1. The maximum Gasteiger partial charge on any atom is 0.269 e. The molecule has 0 spiro atoms. The van der Waals surface area contributed by atoms with E-state index < -0.39 is 0 Å². The molecule has 1 aromatic heterocycles. The number of anilines is 1. The van der Waals surface area contributed by atoms with Crippen LogP contribution < -0.4 is 10.2 Å². The van der Waals surface area contributed by atoms with E-state index in [0.717, 1.165) is 31.5 Å². The monoisotopic (exact) mass is 364 g/mol. The summed E-state index contributed by atoms with van der Waals surface area (Å²) in [4.78, 5) is 14.8. The molecule has 5 nitrogen and oxygen atoms in total. The van der Waals surface area contributed by atoms with E-state index in [1.807, 2.05) is 18.2 Å². The van der Waals surface area contributed by atoms with Gasteiger partial charge in [0.05, 0.1) is 5.69 Å². The van der Waals surface area contributed by atoms with Gasteiger partial charge in [0, 0.05) is 30.4 Å². The minimum Gasteiger partial charge on any atom is -0.371 e. The lowest BCUT2D eigenvalue weighted by Crippen LogP contribution is -2.44. The molecule has 1 saturated heterocycles. The molecule has 2 heterocycles. The van der Waals surface area contributed by atoms with Gasteiger partial charge >= 0.3 is 0 Å². The lowest BCUT2D eigenvalue weighted by molar-refractivity contribution is 0.0926. The largest absolute Gasteiger partial charge is 0.371 e. The van der Waals surface area contributed by atoms with Crippen molar-refractivity contribution in [2.24, 2.45) is 0 Å². The van der Waals surface area contributed by atoms with E-state index in [9.17, 15) is 9.18 Å². The van der Waals surface area contributed by atoms with Gasteiger partial charge in [-0.3, -0.25) is 9.89 Å². The fourth-order valence-corrected chi connectivity index (χ4v) is 3.39. The molecule has 2 aromatic carbocycles. The van der Waals surface area contributed by atoms with Crippen molar-refractivity contribution in [2.75, 3.05) is 18.0 Å². The number of amides is 1. The summed E-state index contributed by atoms with van der Waals surface area (Å²) in [6.45, 7) is 1.83. The molecule has 0 aliphatic carbocycles. The van der Waals surface area contributed by atoms with Crippen LogP contribution in [0.15, 0.2) is 60.7 Å². The third-order valence-electron chi connectivity index (χ3n) is 4.91. The van der Waals surface area contributed by atoms with Crippen molar-refractivity contribution in [1.29, 1.82) is 0 Å². The number of halogens is 1. The van der Waals surface area contributed by atoms with Crippen LogP contribution in [-0.4, -0.2) is 35.2 Å². The Morgan fingerprint density at radius 3 is 2.48 bits per heavy atom. The Bertz CT molecular complexity index is 899. The molecule has 27 heavy (non-hydrogen) atoms. The average molecular weight is 364 g/mol. The molecule has 4 rings (SSSR count). The second-order valence-corrected chi connectivity index (χ2v) is 6.74. The summed E-state index contributed by atoms with van der Waals surface area (Å²) >= 11 is 0. The number of para-hydroxylation sites is 1. The predicted molar refractivity (Wildman–Crippen MR) is 103 cm³/mol. The van der Waals surface area contributed by atoms with Crippen molar-refractivity contribution >= 4 is 11.6 Å². The van der Waals surface area contributed by atoms with Crippen molar-refractivity contribution in [1.82, 2.24) is 15.5 Å². The van der Waals surface area contributed by atoms with Crippen LogP contribution in [0.2, 0.25) is 0 Å². The van der Waals surface area contributed by atoms with Gasteiger partial charge in [0.25, 0.3) is 5.91 Å². The first-order valence-corrected chi connectivity index (χ1v) is 9.11. The number of hydrogen-bond donors (Lipinski definition) is 2. The molecule has 0 saturated carbocycles. The van der Waals surface area contributed by atoms with Crippen LogP contribution in [0, 0.1) is 5.82 Å². The number of carbonyl (C=O) groups excluding carboxylic acids is 1. The maximum atomic E-state index is 13.0. The van der Waals surface area contributed by atoms with Crippen LogP contribution in [0.1, 0.15) is 23.3 Å². The molecule has 1 aliphatic rings. The fourth-order valence-electron chi connectivity index (χ4n) is 3.39. The molecular weight excluding hydrogens is 343 g/mol. The van der Waals surface area contributed by atoms with Crippen molar-refractivity contribution in [3.8, 4) is 11.3 Å². The Morgan fingerprint density at radius 1 is 1.07 bits per heavy atom. The molecule has 2 N–H and O–H groups in total. The molecule has 0 atom stereocenters. The quantitative estimate of drug-likeness (QED) is 0.743. The zero-order valence-corrected chi connectivity index (χ0v) is 14.9. The molecule has 1 aliphatic heterocycles. The second kappa shape index (κ2) is 7.61. The number of H-pyrrole nitrogens is 1. The molecule has 0 unspecified atom stereocenters. The summed E-state index contributed by atoms with van der Waals surface area (Å²) in [6, 6.07) is 18.2. The number of hydrogen-bond acceptors (Lipinski definition) is 3. The van der Waals surface area contributed by atoms with Crippen LogP contribution >= 0.6 is 0 Å². The van der Waals surface area contributed by atoms with Gasteiger partial charge in [0.1, 0.15) is 11.5 Å². The summed E-state index contributed by atoms with van der Waals surface area (Å²) < 4.78 is 13.0. The van der Waals surface area contributed by atoms with E-state index in [4.69, 9.17) is 0 Å². The number of piperidine rings is 1. The van der Waals surface area contributed by atoms with Gasteiger partial charge in [0.2, 0.25) is 0 Å². The Morgan fingerprint density at radius 2 is 1.78 bits per heavy atom. The van der Waals surface area contributed by atoms with E-state index >= 15 is 0 Å². The van der Waals surface area contributed by atoms with Crippen molar-refractivity contribution in [2.45, 2.75) is 18.9 Å². The standard InChI is InChI=1S/C21H21FN4O/c22-16-8-6-15(7-9-16)19-14-20(25-24-19)21(27)23-17-10-12-26(13-11-17)18-4-2-1-3-5-18/h1-9,14,17H,10-13H2,(H,23,27)(H,24,25). The Kier molecular flexibility index (Phi) is 4.87. The number of aromatic amines is 1. The molecule has 0 radical (unpaired) electrons. The zero-order valence-electron chi connectivity index (χ0n) is 14.9. The smallest absolute Gasteiger partial charge is 0.269 e. The summed E-state index contributed by atoms with van der Waals surface area (Å²) in [7, 11) is 0. The maximum absolute atomic E-state index is 13.0. The normalized spacial score (nSPS) is 14.9. The lowest BCUT2D eigenvalue weighted by Gasteiger charge is -2.33. The third-order valence-corrected chi connectivity index (χ3v) is 4.91. The predicted octanol–water partition coefficient (Wildman–Crippen LogP) is 3.61. The first-order chi connectivity index (χ1) is 13.2. The van der Waals surface area contributed by atoms with Crippen LogP contribution in [0.25, 0.3) is 11.3 Å². The summed E-state index contributed by atoms with van der Waals surface area (Å²) in [5, 5.41) is 10.0. The molecule has 1 fully saturated rings. The Balaban J connectivity index is 1.34. The van der Waals surface area contributed by atoms with Gasteiger partial charge in [-0.1, -0.05) is 18.2 Å². The Labute approximate surface area is 157 Å². The average Bonchev–Trinajstić information content (AvgIpc) is 3.20. The number of benzene rings is 2. The summed E-state index contributed by atoms with van der Waals surface area (Å²) in [5.74, 6) is -0.455. The molecule has 1 amide bonds. The van der Waals surface area contributed by atoms with E-state index in [-0.39, 0.29) is 17.8 Å². The first-order valence-electron chi connectivity index (χ1n) is 9.11. The highest BCUT2D eigenvalue weighted by Crippen LogP contribution is 2.21. The van der Waals surface area contributed by atoms with E-state index in [1.165, 1.54) is 17.8 Å². The number of nitrogens with zero attached hydrogens (tertiary/aromatic N) is 2. The van der Waals surface area contributed by atoms with E-state index in [1.54, 1.807) is 18.2 Å². The van der Waals surface area contributed by atoms with Crippen molar-refractivity contribution in [3.05, 3.63) is 72.2 Å². The zero-order chi connectivity index (χ0) is 18.6. The molecule has 3 aromatic rings. The number of rotatable bonds is 4. The minimum absolute atomic E-state index is 0.148. The van der Waals surface area contributed by atoms with Gasteiger partial charge in [-0.2, -0.15) is 5.10 Å². The van der Waals surface area contributed by atoms with E-state index in [2.05, 4.69) is 32.5 Å². The first kappa shape index (κ1) is 17.3. The molecule has 0 bridgehead atoms. The van der Waals surface area contributed by atoms with Crippen LogP contribution in [0.5, 0.6) is 0 Å². The highest BCUT2D eigenvalue weighted by Gasteiger charge is 2.22. The van der Waals surface area contributed by atoms with Crippen LogP contribution in [0.4, 0.5) is 10.1 Å². The van der Waals surface area contributed by atoms with Crippen molar-refractivity contribution < 1.29 is 9.18 Å².